The van der Waals surface area contributed by atoms with Crippen molar-refractivity contribution >= 4 is 37.5 Å². The van der Waals surface area contributed by atoms with Gasteiger partial charge in [0.2, 0.25) is 0 Å². The Labute approximate surface area is 114 Å². The van der Waals surface area contributed by atoms with Gasteiger partial charge in [0, 0.05) is 10.7 Å². The predicted octanol–water partition coefficient (Wildman–Crippen LogP) is 4.12. The van der Waals surface area contributed by atoms with E-state index in [1.54, 1.807) is 6.07 Å². The molecule has 1 aromatic heterocycles. The summed E-state index contributed by atoms with van der Waals surface area (Å²) >= 11 is 6.42. The van der Waals surface area contributed by atoms with Crippen molar-refractivity contribution in [2.75, 3.05) is 5.73 Å². The van der Waals surface area contributed by atoms with Gasteiger partial charge < -0.3 is 10.5 Å². The van der Waals surface area contributed by atoms with Crippen LogP contribution in [0.5, 0.6) is 11.5 Å². The molecule has 17 heavy (non-hydrogen) atoms. The summed E-state index contributed by atoms with van der Waals surface area (Å²) < 4.78 is 20.2. The van der Waals surface area contributed by atoms with E-state index in [1.165, 1.54) is 24.5 Å². The molecule has 0 aliphatic heterocycles. The van der Waals surface area contributed by atoms with E-state index in [-0.39, 0.29) is 5.75 Å². The minimum atomic E-state index is -0.470. The zero-order chi connectivity index (χ0) is 12.4. The average Bonchev–Trinajstić information content (AvgIpc) is 2.26. The number of nitrogen functional groups attached to an aromatic ring is 1. The van der Waals surface area contributed by atoms with Crippen LogP contribution in [0.4, 0.5) is 10.1 Å². The molecule has 0 aliphatic rings. The van der Waals surface area contributed by atoms with Crippen LogP contribution in [-0.4, -0.2) is 4.98 Å². The van der Waals surface area contributed by atoms with Crippen molar-refractivity contribution < 1.29 is 9.13 Å². The summed E-state index contributed by atoms with van der Waals surface area (Å²) in [4.78, 5) is 3.87. The molecular formula is C11H7Br2FN2O. The number of rotatable bonds is 2. The molecule has 6 heteroatoms. The quantitative estimate of drug-likeness (QED) is 0.875. The summed E-state index contributed by atoms with van der Waals surface area (Å²) in [5, 5.41) is 0. The molecule has 0 unspecified atom stereocenters. The number of aromatic nitrogens is 1. The third-order valence-electron chi connectivity index (χ3n) is 1.99. The number of anilines is 1. The first-order valence-corrected chi connectivity index (χ1v) is 6.18. The maximum absolute atomic E-state index is 13.6. The van der Waals surface area contributed by atoms with Crippen LogP contribution < -0.4 is 10.5 Å². The number of hydrogen-bond donors (Lipinski definition) is 1. The zero-order valence-electron chi connectivity index (χ0n) is 8.45. The lowest BCUT2D eigenvalue weighted by Crippen LogP contribution is -1.95. The van der Waals surface area contributed by atoms with E-state index in [0.717, 1.165) is 0 Å². The van der Waals surface area contributed by atoms with Crippen molar-refractivity contribution in [3.05, 3.63) is 45.4 Å². The number of ether oxygens (including phenoxy) is 1. The molecule has 2 N–H and O–H groups in total. The lowest BCUT2D eigenvalue weighted by Gasteiger charge is -2.10. The second kappa shape index (κ2) is 5.01. The first-order valence-electron chi connectivity index (χ1n) is 4.60. The Bertz CT molecular complexity index is 543. The molecule has 0 radical (unpaired) electrons. The molecule has 2 aromatic rings. The minimum absolute atomic E-state index is 0.104. The molecule has 88 valence electrons. The molecule has 0 saturated carbocycles. The highest BCUT2D eigenvalue weighted by Gasteiger charge is 2.11. The van der Waals surface area contributed by atoms with Crippen LogP contribution >= 0.6 is 31.9 Å². The molecule has 1 aromatic carbocycles. The van der Waals surface area contributed by atoms with Gasteiger partial charge in [-0.1, -0.05) is 15.9 Å². The Balaban J connectivity index is 2.38. The van der Waals surface area contributed by atoms with Crippen molar-refractivity contribution in [3.8, 4) is 11.5 Å². The molecule has 0 amide bonds. The standard InChI is InChI=1S/C11H7Br2FN2O/c12-6-1-2-10(8(14)3-6)17-11-7(13)4-16-5-9(11)15/h1-5H,15H2. The van der Waals surface area contributed by atoms with Crippen molar-refractivity contribution in [3.63, 3.8) is 0 Å². The topological polar surface area (TPSA) is 48.1 Å². The molecule has 0 saturated heterocycles. The van der Waals surface area contributed by atoms with E-state index in [9.17, 15) is 4.39 Å². The predicted molar refractivity (Wildman–Crippen MR) is 70.5 cm³/mol. The van der Waals surface area contributed by atoms with Gasteiger partial charge in [0.05, 0.1) is 16.4 Å². The van der Waals surface area contributed by atoms with Crippen LogP contribution in [0.2, 0.25) is 0 Å². The van der Waals surface area contributed by atoms with Gasteiger partial charge in [-0.2, -0.15) is 0 Å². The number of benzene rings is 1. The molecule has 0 fully saturated rings. The SMILES string of the molecule is Nc1cncc(Br)c1Oc1ccc(Br)cc1F. The lowest BCUT2D eigenvalue weighted by atomic mass is 10.3. The summed E-state index contributed by atoms with van der Waals surface area (Å²) in [6.45, 7) is 0. The van der Waals surface area contributed by atoms with E-state index >= 15 is 0 Å². The Hall–Kier alpha value is -1.14. The van der Waals surface area contributed by atoms with Crippen molar-refractivity contribution in [2.45, 2.75) is 0 Å². The summed E-state index contributed by atoms with van der Waals surface area (Å²) in [7, 11) is 0. The van der Waals surface area contributed by atoms with Gasteiger partial charge in [0.1, 0.15) is 0 Å². The van der Waals surface area contributed by atoms with Gasteiger partial charge in [0.25, 0.3) is 0 Å². The molecule has 0 atom stereocenters. The molecule has 0 aliphatic carbocycles. The first kappa shape index (κ1) is 12.3. The molecule has 0 bridgehead atoms. The van der Waals surface area contributed by atoms with Gasteiger partial charge in [-0.05, 0) is 34.1 Å². The van der Waals surface area contributed by atoms with Crippen molar-refractivity contribution in [1.29, 1.82) is 0 Å². The summed E-state index contributed by atoms with van der Waals surface area (Å²) in [5.41, 5.74) is 6.03. The van der Waals surface area contributed by atoms with Crippen molar-refractivity contribution in [2.24, 2.45) is 0 Å². The van der Waals surface area contributed by atoms with Crippen LogP contribution in [0.15, 0.2) is 39.5 Å². The normalized spacial score (nSPS) is 10.3. The van der Waals surface area contributed by atoms with Crippen molar-refractivity contribution in [1.82, 2.24) is 4.98 Å². The van der Waals surface area contributed by atoms with Gasteiger partial charge in [0.15, 0.2) is 17.3 Å². The Morgan fingerprint density at radius 3 is 2.65 bits per heavy atom. The minimum Gasteiger partial charge on any atom is -0.451 e. The number of hydrogen-bond acceptors (Lipinski definition) is 3. The maximum atomic E-state index is 13.6. The summed E-state index contributed by atoms with van der Waals surface area (Å²) in [6, 6.07) is 4.52. The lowest BCUT2D eigenvalue weighted by molar-refractivity contribution is 0.441. The number of pyridine rings is 1. The van der Waals surface area contributed by atoms with Gasteiger partial charge in [-0.3, -0.25) is 4.98 Å². The second-order valence-corrected chi connectivity index (χ2v) is 4.99. The second-order valence-electron chi connectivity index (χ2n) is 3.22. The largest absolute Gasteiger partial charge is 0.451 e. The van der Waals surface area contributed by atoms with Crippen LogP contribution in [0.25, 0.3) is 0 Å². The fraction of sp³-hybridized carbons (Fsp3) is 0. The van der Waals surface area contributed by atoms with E-state index < -0.39 is 5.82 Å². The molecule has 0 spiro atoms. The van der Waals surface area contributed by atoms with E-state index in [1.807, 2.05) is 0 Å². The van der Waals surface area contributed by atoms with Gasteiger partial charge in [-0.15, -0.1) is 0 Å². The highest BCUT2D eigenvalue weighted by molar-refractivity contribution is 9.10. The number of nitrogens with two attached hydrogens (primary N) is 1. The average molecular weight is 362 g/mol. The summed E-state index contributed by atoms with van der Waals surface area (Å²) in [5.74, 6) is -0.0180. The van der Waals surface area contributed by atoms with Gasteiger partial charge in [-0.25, -0.2) is 4.39 Å². The molecular weight excluding hydrogens is 355 g/mol. The van der Waals surface area contributed by atoms with Gasteiger partial charge >= 0.3 is 0 Å². The molecule has 1 heterocycles. The van der Waals surface area contributed by atoms with Crippen LogP contribution in [0, 0.1) is 5.82 Å². The van der Waals surface area contributed by atoms with Crippen LogP contribution in [0.1, 0.15) is 0 Å². The number of nitrogens with zero attached hydrogens (tertiary/aromatic N) is 1. The fourth-order valence-electron chi connectivity index (χ4n) is 1.21. The highest BCUT2D eigenvalue weighted by atomic mass is 79.9. The fourth-order valence-corrected chi connectivity index (χ4v) is 1.97. The van der Waals surface area contributed by atoms with E-state index in [4.69, 9.17) is 10.5 Å². The first-order chi connectivity index (χ1) is 8.08. The molecule has 2 rings (SSSR count). The number of halogens is 3. The Morgan fingerprint density at radius 2 is 2.00 bits per heavy atom. The maximum Gasteiger partial charge on any atom is 0.167 e. The Kier molecular flexibility index (Phi) is 3.63. The van der Waals surface area contributed by atoms with Crippen LogP contribution in [-0.2, 0) is 0 Å². The zero-order valence-corrected chi connectivity index (χ0v) is 11.6. The third-order valence-corrected chi connectivity index (χ3v) is 3.04. The van der Waals surface area contributed by atoms with Crippen LogP contribution in [0.3, 0.4) is 0 Å². The monoisotopic (exact) mass is 360 g/mol. The smallest absolute Gasteiger partial charge is 0.167 e. The third kappa shape index (κ3) is 2.76. The van der Waals surface area contributed by atoms with E-state index in [0.29, 0.717) is 20.4 Å². The highest BCUT2D eigenvalue weighted by Crippen LogP contribution is 2.35. The molecule has 3 nitrogen and oxygen atoms in total. The van der Waals surface area contributed by atoms with E-state index in [2.05, 4.69) is 36.8 Å². The summed E-state index contributed by atoms with van der Waals surface area (Å²) in [6.07, 6.45) is 2.97. The Morgan fingerprint density at radius 1 is 1.24 bits per heavy atom.